The van der Waals surface area contributed by atoms with E-state index in [9.17, 15) is 19.8 Å². The Morgan fingerprint density at radius 2 is 0.654 bits per heavy atom. The minimum atomic E-state index is -0.669. The summed E-state index contributed by atoms with van der Waals surface area (Å²) in [5, 5.41) is 23.4. The van der Waals surface area contributed by atoms with Crippen LogP contribution in [0.1, 0.15) is 386 Å². The van der Waals surface area contributed by atoms with E-state index in [1.165, 1.54) is 302 Å². The Bertz CT molecular complexity index is 1260. The maximum absolute atomic E-state index is 12.6. The summed E-state index contributed by atoms with van der Waals surface area (Å²) >= 11 is 0. The van der Waals surface area contributed by atoms with Crippen molar-refractivity contribution in [1.29, 1.82) is 0 Å². The van der Waals surface area contributed by atoms with E-state index in [-0.39, 0.29) is 18.5 Å². The van der Waals surface area contributed by atoms with Gasteiger partial charge in [-0.1, -0.05) is 333 Å². The van der Waals surface area contributed by atoms with Gasteiger partial charge in [-0.3, -0.25) is 9.59 Å². The van der Waals surface area contributed by atoms with Crippen LogP contribution >= 0.6 is 0 Å². The summed E-state index contributed by atoms with van der Waals surface area (Å²) in [6.07, 6.45) is 86.1. The third-order valence-corrected chi connectivity index (χ3v) is 16.4. The normalized spacial score (nSPS) is 12.7. The highest BCUT2D eigenvalue weighted by molar-refractivity contribution is 5.76. The number of unbranched alkanes of at least 4 members (excludes halogenated alkanes) is 49. The molecule has 0 aliphatic carbocycles. The van der Waals surface area contributed by atoms with E-state index in [1.54, 1.807) is 0 Å². The molecule has 2 unspecified atom stereocenters. The first kappa shape index (κ1) is 76.1. The lowest BCUT2D eigenvalue weighted by atomic mass is 10.0. The monoisotopic (exact) mass is 1100 g/mol. The molecule has 0 aromatic rings. The van der Waals surface area contributed by atoms with Crippen molar-refractivity contribution in [3.05, 3.63) is 36.5 Å². The van der Waals surface area contributed by atoms with E-state index < -0.39 is 12.1 Å². The minimum absolute atomic E-state index is 0.00156. The lowest BCUT2D eigenvalue weighted by molar-refractivity contribution is -0.143. The second-order valence-corrected chi connectivity index (χ2v) is 24.2. The molecule has 2 atom stereocenters. The molecule has 0 heterocycles. The van der Waals surface area contributed by atoms with Crippen molar-refractivity contribution >= 4 is 11.9 Å². The summed E-state index contributed by atoms with van der Waals surface area (Å²) in [4.78, 5) is 24.6. The molecule has 0 fully saturated rings. The number of aliphatic hydroxyl groups excluding tert-OH is 2. The summed E-state index contributed by atoms with van der Waals surface area (Å²) in [7, 11) is 0. The molecule has 0 rings (SSSR count). The van der Waals surface area contributed by atoms with Crippen LogP contribution in [0, 0.1) is 0 Å². The van der Waals surface area contributed by atoms with Crippen LogP contribution in [-0.4, -0.2) is 47.4 Å². The Morgan fingerprint density at radius 1 is 0.359 bits per heavy atom. The second kappa shape index (κ2) is 67.6. The number of nitrogens with one attached hydrogen (secondary N) is 1. The third-order valence-electron chi connectivity index (χ3n) is 16.4. The highest BCUT2D eigenvalue weighted by atomic mass is 16.5. The van der Waals surface area contributed by atoms with E-state index in [0.29, 0.717) is 25.9 Å². The molecule has 1 amide bonds. The van der Waals surface area contributed by atoms with Crippen LogP contribution in [0.5, 0.6) is 0 Å². The van der Waals surface area contributed by atoms with Gasteiger partial charge in [-0.2, -0.15) is 0 Å². The first-order valence-electron chi connectivity index (χ1n) is 35.2. The van der Waals surface area contributed by atoms with Crippen LogP contribution in [-0.2, 0) is 14.3 Å². The molecule has 460 valence electrons. The van der Waals surface area contributed by atoms with Crippen molar-refractivity contribution < 1.29 is 24.5 Å². The lowest BCUT2D eigenvalue weighted by Crippen LogP contribution is -2.45. The lowest BCUT2D eigenvalue weighted by Gasteiger charge is -2.22. The van der Waals surface area contributed by atoms with Gasteiger partial charge in [-0.05, 0) is 77.0 Å². The molecule has 0 spiro atoms. The van der Waals surface area contributed by atoms with Gasteiger partial charge in [0.05, 0.1) is 25.4 Å². The van der Waals surface area contributed by atoms with E-state index >= 15 is 0 Å². The van der Waals surface area contributed by atoms with Gasteiger partial charge in [-0.15, -0.1) is 0 Å². The number of carbonyl (C=O) groups excluding carboxylic acids is 2. The van der Waals surface area contributed by atoms with Crippen molar-refractivity contribution in [2.45, 2.75) is 398 Å². The van der Waals surface area contributed by atoms with Crippen molar-refractivity contribution in [3.63, 3.8) is 0 Å². The van der Waals surface area contributed by atoms with Crippen molar-refractivity contribution in [2.75, 3.05) is 13.2 Å². The largest absolute Gasteiger partial charge is 0.466 e. The molecule has 0 aromatic heterocycles. The van der Waals surface area contributed by atoms with Gasteiger partial charge in [-0.25, -0.2) is 0 Å². The summed E-state index contributed by atoms with van der Waals surface area (Å²) in [5.74, 6) is -0.0371. The fraction of sp³-hybridized carbons (Fsp3) is 0.889. The summed E-state index contributed by atoms with van der Waals surface area (Å²) in [5.41, 5.74) is 0. The van der Waals surface area contributed by atoms with E-state index in [4.69, 9.17) is 4.74 Å². The van der Waals surface area contributed by atoms with Gasteiger partial charge in [0.15, 0.2) is 0 Å². The van der Waals surface area contributed by atoms with Crippen molar-refractivity contribution in [1.82, 2.24) is 5.32 Å². The third kappa shape index (κ3) is 63.3. The van der Waals surface area contributed by atoms with Crippen LogP contribution in [0.2, 0.25) is 0 Å². The smallest absolute Gasteiger partial charge is 0.305 e. The van der Waals surface area contributed by atoms with E-state index in [2.05, 4.69) is 55.6 Å². The molecule has 0 saturated heterocycles. The predicted octanol–water partition coefficient (Wildman–Crippen LogP) is 22.7. The van der Waals surface area contributed by atoms with Gasteiger partial charge in [0, 0.05) is 12.8 Å². The maximum atomic E-state index is 12.6. The number of allylic oxidation sites excluding steroid dienone is 6. The second-order valence-electron chi connectivity index (χ2n) is 24.2. The summed E-state index contributed by atoms with van der Waals surface area (Å²) in [6, 6.07) is -0.547. The first-order valence-corrected chi connectivity index (χ1v) is 35.2. The van der Waals surface area contributed by atoms with Gasteiger partial charge in [0.1, 0.15) is 0 Å². The molecule has 0 saturated carbocycles. The van der Waals surface area contributed by atoms with E-state index in [0.717, 1.165) is 51.4 Å². The number of carbonyl (C=O) groups is 2. The van der Waals surface area contributed by atoms with Crippen LogP contribution in [0.4, 0.5) is 0 Å². The number of ether oxygens (including phenoxy) is 1. The standard InChI is InChI=1S/C72H137NO5/c1-3-5-7-9-11-13-15-17-19-20-21-22-25-28-31-34-37-40-44-48-52-56-60-64-70(75)69(68-74)73-71(76)65-61-57-53-49-45-41-38-35-32-29-26-23-24-27-30-33-36-39-43-47-51-55-59-63-67-78-72(77)66-62-58-54-50-46-42-18-16-14-12-10-8-6-4-2/h10,12,16,18,26,29,69-70,74-75H,3-9,11,13-15,17,19-25,27-28,30-68H2,1-2H3,(H,73,76)/b12-10-,18-16-,29-26-. The van der Waals surface area contributed by atoms with Crippen molar-refractivity contribution in [2.24, 2.45) is 0 Å². The van der Waals surface area contributed by atoms with Gasteiger partial charge < -0.3 is 20.3 Å². The Kier molecular flexibility index (Phi) is 65.9. The topological polar surface area (TPSA) is 95.9 Å². The molecule has 78 heavy (non-hydrogen) atoms. The Labute approximate surface area is 487 Å². The quantitative estimate of drug-likeness (QED) is 0.0320. The molecular weight excluding hydrogens is 959 g/mol. The number of hydrogen-bond acceptors (Lipinski definition) is 5. The zero-order valence-corrected chi connectivity index (χ0v) is 52.7. The average molecular weight is 1100 g/mol. The SMILES string of the molecule is CCCC/C=C\C/C=C\CCCCCCCC(=O)OCCCCCCCCCCCCCC/C=C\CCCCCCCCCCC(=O)NC(CO)C(O)CCCCCCCCCCCCCCCCCCCCCCCCC. The van der Waals surface area contributed by atoms with Crippen molar-refractivity contribution in [3.8, 4) is 0 Å². The number of amides is 1. The molecule has 3 N–H and O–H groups in total. The zero-order valence-electron chi connectivity index (χ0n) is 52.7. The maximum Gasteiger partial charge on any atom is 0.305 e. The molecule has 0 bridgehead atoms. The highest BCUT2D eigenvalue weighted by Crippen LogP contribution is 2.19. The van der Waals surface area contributed by atoms with Crippen LogP contribution in [0.25, 0.3) is 0 Å². The van der Waals surface area contributed by atoms with Gasteiger partial charge >= 0.3 is 5.97 Å². The number of aliphatic hydroxyl groups is 2. The fourth-order valence-corrected chi connectivity index (χ4v) is 11.0. The molecule has 6 heteroatoms. The zero-order chi connectivity index (χ0) is 56.4. The summed E-state index contributed by atoms with van der Waals surface area (Å²) < 4.78 is 5.48. The number of rotatable bonds is 66. The fourth-order valence-electron chi connectivity index (χ4n) is 11.0. The molecule has 0 aromatic carbocycles. The summed E-state index contributed by atoms with van der Waals surface area (Å²) in [6.45, 7) is 4.94. The molecule has 6 nitrogen and oxygen atoms in total. The molecule has 0 aliphatic heterocycles. The number of esters is 1. The minimum Gasteiger partial charge on any atom is -0.466 e. The van der Waals surface area contributed by atoms with Crippen LogP contribution in [0.15, 0.2) is 36.5 Å². The Balaban J connectivity index is 3.41. The van der Waals surface area contributed by atoms with Gasteiger partial charge in [0.25, 0.3) is 0 Å². The number of hydrogen-bond donors (Lipinski definition) is 3. The van der Waals surface area contributed by atoms with Crippen LogP contribution in [0.3, 0.4) is 0 Å². The highest BCUT2D eigenvalue weighted by Gasteiger charge is 2.20. The molecule has 0 radical (unpaired) electrons. The molecule has 0 aliphatic rings. The van der Waals surface area contributed by atoms with Gasteiger partial charge in [0.2, 0.25) is 5.91 Å². The van der Waals surface area contributed by atoms with Crippen LogP contribution < -0.4 is 5.32 Å². The predicted molar refractivity (Wildman–Crippen MR) is 343 cm³/mol. The Hall–Kier alpha value is -1.92. The first-order chi connectivity index (χ1) is 38.5. The van der Waals surface area contributed by atoms with E-state index in [1.807, 2.05) is 0 Å². The average Bonchev–Trinajstić information content (AvgIpc) is 3.44. The molecular formula is C72H137NO5. The Morgan fingerprint density at radius 3 is 1.03 bits per heavy atom.